The van der Waals surface area contributed by atoms with Crippen LogP contribution in [0.3, 0.4) is 0 Å². The lowest BCUT2D eigenvalue weighted by molar-refractivity contribution is -0.139. The van der Waals surface area contributed by atoms with Gasteiger partial charge in [-0.25, -0.2) is 4.79 Å². The lowest BCUT2D eigenvalue weighted by Crippen LogP contribution is -2.38. The first kappa shape index (κ1) is 26.5. The Bertz CT molecular complexity index is 1250. The van der Waals surface area contributed by atoms with Gasteiger partial charge < -0.3 is 19.1 Å². The molecule has 2 atom stereocenters. The normalized spacial score (nSPS) is 18.2. The molecule has 0 unspecified atom stereocenters. The van der Waals surface area contributed by atoms with E-state index in [1.807, 2.05) is 19.1 Å². The van der Waals surface area contributed by atoms with Gasteiger partial charge in [-0.1, -0.05) is 35.0 Å². The molecule has 4 rings (SSSR count). The SMILES string of the molecule is Cc1ccc(COc2ccc(-c3noc([C@@H]4[C@@H](O)CCN4C(=O)OC(C)(C)C)n3)cc2C(F)(F)F)cc1. The first-order valence-corrected chi connectivity index (χ1v) is 11.7. The van der Waals surface area contributed by atoms with Gasteiger partial charge in [0.15, 0.2) is 0 Å². The molecule has 0 radical (unpaired) electrons. The minimum Gasteiger partial charge on any atom is -0.488 e. The molecule has 0 aliphatic carbocycles. The summed E-state index contributed by atoms with van der Waals surface area (Å²) in [4.78, 5) is 18.1. The molecule has 1 aliphatic heterocycles. The Labute approximate surface area is 212 Å². The molecule has 37 heavy (non-hydrogen) atoms. The molecular weight excluding hydrogens is 491 g/mol. The Morgan fingerprint density at radius 3 is 2.51 bits per heavy atom. The molecule has 1 saturated heterocycles. The zero-order valence-corrected chi connectivity index (χ0v) is 20.9. The molecule has 1 N–H and O–H groups in total. The van der Waals surface area contributed by atoms with Crippen molar-refractivity contribution in [2.75, 3.05) is 6.54 Å². The molecule has 8 nitrogen and oxygen atoms in total. The maximum Gasteiger partial charge on any atom is 0.419 e. The van der Waals surface area contributed by atoms with Crippen molar-refractivity contribution in [3.63, 3.8) is 0 Å². The van der Waals surface area contributed by atoms with Crippen molar-refractivity contribution in [3.8, 4) is 17.1 Å². The fraction of sp³-hybridized carbons (Fsp3) is 0.423. The van der Waals surface area contributed by atoms with Crippen LogP contribution < -0.4 is 4.74 Å². The van der Waals surface area contributed by atoms with E-state index in [4.69, 9.17) is 14.0 Å². The summed E-state index contributed by atoms with van der Waals surface area (Å²) in [7, 11) is 0. The van der Waals surface area contributed by atoms with Gasteiger partial charge in [0.25, 0.3) is 5.89 Å². The van der Waals surface area contributed by atoms with Crippen LogP contribution in [0.2, 0.25) is 0 Å². The third kappa shape index (κ3) is 6.22. The number of aliphatic hydroxyl groups excluding tert-OH is 1. The molecular formula is C26H28F3N3O5. The van der Waals surface area contributed by atoms with Crippen molar-refractivity contribution in [2.24, 2.45) is 0 Å². The zero-order chi connectivity index (χ0) is 27.0. The van der Waals surface area contributed by atoms with Gasteiger partial charge in [-0.15, -0.1) is 0 Å². The van der Waals surface area contributed by atoms with E-state index in [2.05, 4.69) is 10.1 Å². The second kappa shape index (κ2) is 10.0. The number of carbonyl (C=O) groups is 1. The largest absolute Gasteiger partial charge is 0.488 e. The van der Waals surface area contributed by atoms with Gasteiger partial charge in [-0.2, -0.15) is 18.2 Å². The van der Waals surface area contributed by atoms with Gasteiger partial charge in [0.1, 0.15) is 24.0 Å². The number of hydrogen-bond donors (Lipinski definition) is 1. The Morgan fingerprint density at radius 2 is 1.86 bits per heavy atom. The number of ether oxygens (including phenoxy) is 2. The van der Waals surface area contributed by atoms with Crippen molar-refractivity contribution in [1.29, 1.82) is 0 Å². The minimum absolute atomic E-state index is 0.0326. The lowest BCUT2D eigenvalue weighted by atomic mass is 10.1. The van der Waals surface area contributed by atoms with E-state index in [0.29, 0.717) is 0 Å². The van der Waals surface area contributed by atoms with E-state index < -0.39 is 35.6 Å². The Hall–Kier alpha value is -3.60. The van der Waals surface area contributed by atoms with E-state index in [-0.39, 0.29) is 42.6 Å². The number of halogens is 3. The van der Waals surface area contributed by atoms with Crippen molar-refractivity contribution < 1.29 is 37.1 Å². The third-order valence-electron chi connectivity index (χ3n) is 5.75. The van der Waals surface area contributed by atoms with Crippen molar-refractivity contribution in [2.45, 2.75) is 64.6 Å². The smallest absolute Gasteiger partial charge is 0.419 e. The van der Waals surface area contributed by atoms with Crippen LogP contribution in [0.15, 0.2) is 47.0 Å². The fourth-order valence-corrected chi connectivity index (χ4v) is 3.93. The second-order valence-corrected chi connectivity index (χ2v) is 9.91. The van der Waals surface area contributed by atoms with Crippen LogP contribution >= 0.6 is 0 Å². The number of aromatic nitrogens is 2. The summed E-state index contributed by atoms with van der Waals surface area (Å²) < 4.78 is 57.7. The monoisotopic (exact) mass is 519 g/mol. The summed E-state index contributed by atoms with van der Waals surface area (Å²) in [5.74, 6) is -0.546. The molecule has 2 heterocycles. The first-order valence-electron chi connectivity index (χ1n) is 11.7. The van der Waals surface area contributed by atoms with Gasteiger partial charge in [-0.3, -0.25) is 4.90 Å². The maximum absolute atomic E-state index is 13.9. The summed E-state index contributed by atoms with van der Waals surface area (Å²) in [5.41, 5.74) is 0.0612. The van der Waals surface area contributed by atoms with Crippen LogP contribution in [-0.4, -0.2) is 44.5 Å². The van der Waals surface area contributed by atoms with Crippen molar-refractivity contribution in [1.82, 2.24) is 15.0 Å². The predicted molar refractivity (Wildman–Crippen MR) is 127 cm³/mol. The number of rotatable bonds is 5. The summed E-state index contributed by atoms with van der Waals surface area (Å²) in [6, 6.07) is 9.79. The molecule has 11 heteroatoms. The molecule has 0 saturated carbocycles. The van der Waals surface area contributed by atoms with Crippen LogP contribution in [0.5, 0.6) is 5.75 Å². The highest BCUT2D eigenvalue weighted by atomic mass is 19.4. The maximum atomic E-state index is 13.9. The summed E-state index contributed by atoms with van der Waals surface area (Å²) in [6.07, 6.45) is -6.10. The summed E-state index contributed by atoms with van der Waals surface area (Å²) >= 11 is 0. The number of aliphatic hydroxyl groups is 1. The number of aryl methyl sites for hydroxylation is 1. The number of benzene rings is 2. The van der Waals surface area contributed by atoms with Gasteiger partial charge >= 0.3 is 12.3 Å². The molecule has 1 fully saturated rings. The number of amides is 1. The van der Waals surface area contributed by atoms with Crippen molar-refractivity contribution >= 4 is 6.09 Å². The van der Waals surface area contributed by atoms with Gasteiger partial charge in [-0.05, 0) is 57.9 Å². The molecule has 2 aromatic carbocycles. The quantitative estimate of drug-likeness (QED) is 0.463. The topological polar surface area (TPSA) is 97.9 Å². The minimum atomic E-state index is -4.69. The van der Waals surface area contributed by atoms with E-state index in [9.17, 15) is 23.1 Å². The molecule has 3 aromatic rings. The van der Waals surface area contributed by atoms with E-state index in [1.165, 1.54) is 17.0 Å². The second-order valence-electron chi connectivity index (χ2n) is 9.91. The molecule has 0 spiro atoms. The average molecular weight is 520 g/mol. The van der Waals surface area contributed by atoms with Crippen molar-refractivity contribution in [3.05, 3.63) is 65.0 Å². The van der Waals surface area contributed by atoms with Gasteiger partial charge in [0.05, 0.1) is 11.7 Å². The van der Waals surface area contributed by atoms with Crippen LogP contribution in [-0.2, 0) is 17.5 Å². The van der Waals surface area contributed by atoms with E-state index >= 15 is 0 Å². The van der Waals surface area contributed by atoms with Crippen LogP contribution in [0, 0.1) is 6.92 Å². The average Bonchev–Trinajstić information content (AvgIpc) is 3.43. The van der Waals surface area contributed by atoms with E-state index in [0.717, 1.165) is 17.2 Å². The number of likely N-dealkylation sites (tertiary alicyclic amines) is 1. The van der Waals surface area contributed by atoms with Gasteiger partial charge in [0.2, 0.25) is 5.82 Å². The van der Waals surface area contributed by atoms with Crippen LogP contribution in [0.25, 0.3) is 11.4 Å². The highest BCUT2D eigenvalue weighted by Crippen LogP contribution is 2.39. The van der Waals surface area contributed by atoms with Crippen LogP contribution in [0.1, 0.15) is 55.8 Å². The third-order valence-corrected chi connectivity index (χ3v) is 5.75. The zero-order valence-electron chi connectivity index (χ0n) is 20.9. The van der Waals surface area contributed by atoms with Crippen LogP contribution in [0.4, 0.5) is 18.0 Å². The summed E-state index contributed by atoms with van der Waals surface area (Å²) in [5, 5.41) is 14.3. The Morgan fingerprint density at radius 1 is 1.16 bits per heavy atom. The number of hydrogen-bond acceptors (Lipinski definition) is 7. The molecule has 198 valence electrons. The lowest BCUT2D eigenvalue weighted by Gasteiger charge is -2.27. The number of alkyl halides is 3. The molecule has 1 amide bonds. The Kier molecular flexibility index (Phi) is 7.18. The predicted octanol–water partition coefficient (Wildman–Crippen LogP) is 5.69. The molecule has 1 aliphatic rings. The molecule has 1 aromatic heterocycles. The summed E-state index contributed by atoms with van der Waals surface area (Å²) in [6.45, 7) is 7.21. The standard InChI is InChI=1S/C26H28F3N3O5/c1-15-5-7-16(8-6-15)14-35-20-10-9-17(13-18(20)26(27,28)29)22-30-23(37-31-22)21-19(33)11-12-32(21)24(34)36-25(2,3)4/h5-10,13,19,21,33H,11-12,14H2,1-4H3/t19-,21-/m0/s1. The first-order chi connectivity index (χ1) is 17.3. The molecule has 0 bridgehead atoms. The number of nitrogens with zero attached hydrogens (tertiary/aromatic N) is 3. The van der Waals surface area contributed by atoms with Gasteiger partial charge in [0, 0.05) is 12.1 Å². The fourth-order valence-electron chi connectivity index (χ4n) is 3.93. The number of carbonyl (C=O) groups excluding carboxylic acids is 1. The highest BCUT2D eigenvalue weighted by Gasteiger charge is 2.43. The van der Waals surface area contributed by atoms with E-state index in [1.54, 1.807) is 32.9 Å². The Balaban J connectivity index is 1.58. The highest BCUT2D eigenvalue weighted by molar-refractivity contribution is 5.69.